The molecule has 3 N–H and O–H groups in total. The first-order valence-electron chi connectivity index (χ1n) is 6.51. The van der Waals surface area contributed by atoms with Crippen molar-refractivity contribution in [2.45, 2.75) is 32.2 Å². The molecular weight excluding hydrogens is 234 g/mol. The van der Waals surface area contributed by atoms with E-state index in [2.05, 4.69) is 5.32 Å². The Morgan fingerprint density at radius 2 is 2.00 bits per heavy atom. The molecule has 0 saturated carbocycles. The zero-order valence-corrected chi connectivity index (χ0v) is 11.0. The molecule has 6 nitrogen and oxygen atoms in total. The van der Waals surface area contributed by atoms with Gasteiger partial charge in [0, 0.05) is 19.6 Å². The fraction of sp³-hybridized carbons (Fsp3) is 0.833. The van der Waals surface area contributed by atoms with Gasteiger partial charge in [-0.2, -0.15) is 0 Å². The number of hydrogen-bond donors (Lipinski definition) is 2. The molecular formula is C12H23N3O3. The summed E-state index contributed by atoms with van der Waals surface area (Å²) < 4.78 is 5.01. The summed E-state index contributed by atoms with van der Waals surface area (Å²) in [5.41, 5.74) is 5.24. The molecule has 18 heavy (non-hydrogen) atoms. The number of piperidine rings is 1. The van der Waals surface area contributed by atoms with Crippen LogP contribution in [0.25, 0.3) is 0 Å². The Bertz CT molecular complexity index is 278. The van der Waals surface area contributed by atoms with Crippen molar-refractivity contribution in [1.82, 2.24) is 10.2 Å². The molecule has 1 saturated heterocycles. The second kappa shape index (κ2) is 8.05. The van der Waals surface area contributed by atoms with Gasteiger partial charge in [-0.15, -0.1) is 0 Å². The van der Waals surface area contributed by atoms with E-state index in [4.69, 9.17) is 10.5 Å². The lowest BCUT2D eigenvalue weighted by Crippen LogP contribution is -2.49. The standard InChI is InChI=1S/C12H23N3O3/c1-10(14-11(16)9-18-8-5-13)12(17)15-6-3-2-4-7-15/h10H,2-9,13H2,1H3,(H,14,16). The summed E-state index contributed by atoms with van der Waals surface area (Å²) in [7, 11) is 0. The Morgan fingerprint density at radius 3 is 2.61 bits per heavy atom. The first kappa shape index (κ1) is 14.9. The van der Waals surface area contributed by atoms with Crippen LogP contribution in [0.5, 0.6) is 0 Å². The third-order valence-corrected chi connectivity index (χ3v) is 2.91. The maximum atomic E-state index is 12.0. The van der Waals surface area contributed by atoms with Crippen LogP contribution in [0.2, 0.25) is 0 Å². The Labute approximate surface area is 108 Å². The summed E-state index contributed by atoms with van der Waals surface area (Å²) in [5, 5.41) is 2.64. The number of nitrogens with zero attached hydrogens (tertiary/aromatic N) is 1. The molecule has 0 bridgehead atoms. The SMILES string of the molecule is CC(NC(=O)COCCN)C(=O)N1CCCCC1. The number of likely N-dealkylation sites (tertiary alicyclic amines) is 1. The van der Waals surface area contributed by atoms with Gasteiger partial charge in [0.25, 0.3) is 0 Å². The average molecular weight is 257 g/mol. The van der Waals surface area contributed by atoms with Gasteiger partial charge in [0.1, 0.15) is 12.6 Å². The predicted molar refractivity (Wildman–Crippen MR) is 67.9 cm³/mol. The average Bonchev–Trinajstić information content (AvgIpc) is 2.39. The van der Waals surface area contributed by atoms with Crippen molar-refractivity contribution in [3.05, 3.63) is 0 Å². The smallest absolute Gasteiger partial charge is 0.246 e. The highest BCUT2D eigenvalue weighted by molar-refractivity contribution is 5.87. The highest BCUT2D eigenvalue weighted by atomic mass is 16.5. The molecule has 0 aromatic carbocycles. The van der Waals surface area contributed by atoms with E-state index in [1.807, 2.05) is 4.90 Å². The molecule has 1 heterocycles. The molecule has 1 unspecified atom stereocenters. The molecule has 0 aromatic rings. The lowest BCUT2D eigenvalue weighted by molar-refractivity contribution is -0.137. The first-order valence-corrected chi connectivity index (χ1v) is 6.51. The number of carbonyl (C=O) groups excluding carboxylic acids is 2. The second-order valence-electron chi connectivity index (χ2n) is 4.52. The molecule has 0 radical (unpaired) electrons. The summed E-state index contributed by atoms with van der Waals surface area (Å²) in [6, 6.07) is -0.489. The minimum absolute atomic E-state index is 0.0122. The molecule has 0 spiro atoms. The maximum Gasteiger partial charge on any atom is 0.246 e. The van der Waals surface area contributed by atoms with Crippen LogP contribution >= 0.6 is 0 Å². The van der Waals surface area contributed by atoms with Crippen LogP contribution in [-0.2, 0) is 14.3 Å². The zero-order chi connectivity index (χ0) is 13.4. The van der Waals surface area contributed by atoms with E-state index < -0.39 is 6.04 Å². The molecule has 1 rings (SSSR count). The van der Waals surface area contributed by atoms with Crippen molar-refractivity contribution in [2.24, 2.45) is 5.73 Å². The van der Waals surface area contributed by atoms with Gasteiger partial charge in [-0.05, 0) is 26.2 Å². The molecule has 0 aliphatic carbocycles. The van der Waals surface area contributed by atoms with Crippen LogP contribution in [0.4, 0.5) is 0 Å². The first-order chi connectivity index (χ1) is 8.65. The largest absolute Gasteiger partial charge is 0.370 e. The Balaban J connectivity index is 2.27. The van der Waals surface area contributed by atoms with E-state index in [1.165, 1.54) is 6.42 Å². The number of rotatable bonds is 6. The van der Waals surface area contributed by atoms with E-state index in [9.17, 15) is 9.59 Å². The fourth-order valence-electron chi connectivity index (χ4n) is 1.98. The summed E-state index contributed by atoms with van der Waals surface area (Å²) in [6.07, 6.45) is 3.27. The summed E-state index contributed by atoms with van der Waals surface area (Å²) in [4.78, 5) is 25.3. The van der Waals surface area contributed by atoms with Gasteiger partial charge < -0.3 is 20.7 Å². The molecule has 6 heteroatoms. The van der Waals surface area contributed by atoms with Gasteiger partial charge in [0.2, 0.25) is 11.8 Å². The zero-order valence-electron chi connectivity index (χ0n) is 11.0. The van der Waals surface area contributed by atoms with Crippen molar-refractivity contribution >= 4 is 11.8 Å². The van der Waals surface area contributed by atoms with Crippen LogP contribution in [0, 0.1) is 0 Å². The lowest BCUT2D eigenvalue weighted by atomic mass is 10.1. The van der Waals surface area contributed by atoms with Crippen molar-refractivity contribution in [2.75, 3.05) is 32.8 Å². The van der Waals surface area contributed by atoms with Crippen molar-refractivity contribution in [3.63, 3.8) is 0 Å². The van der Waals surface area contributed by atoms with Crippen molar-refractivity contribution in [1.29, 1.82) is 0 Å². The normalized spacial score (nSPS) is 17.3. The van der Waals surface area contributed by atoms with Crippen molar-refractivity contribution in [3.8, 4) is 0 Å². The van der Waals surface area contributed by atoms with Crippen LogP contribution in [-0.4, -0.2) is 55.6 Å². The predicted octanol–water partition coefficient (Wildman–Crippen LogP) is -0.521. The Kier molecular flexibility index (Phi) is 6.67. The fourth-order valence-corrected chi connectivity index (χ4v) is 1.98. The second-order valence-corrected chi connectivity index (χ2v) is 4.52. The van der Waals surface area contributed by atoms with Gasteiger partial charge in [0.15, 0.2) is 0 Å². The molecule has 1 fully saturated rings. The molecule has 0 aromatic heterocycles. The van der Waals surface area contributed by atoms with E-state index in [0.717, 1.165) is 25.9 Å². The summed E-state index contributed by atoms with van der Waals surface area (Å²) in [6.45, 7) is 3.98. The van der Waals surface area contributed by atoms with Gasteiger partial charge in [-0.25, -0.2) is 0 Å². The maximum absolute atomic E-state index is 12.0. The van der Waals surface area contributed by atoms with Crippen LogP contribution in [0.1, 0.15) is 26.2 Å². The minimum Gasteiger partial charge on any atom is -0.370 e. The van der Waals surface area contributed by atoms with Crippen LogP contribution in [0.3, 0.4) is 0 Å². The van der Waals surface area contributed by atoms with Gasteiger partial charge >= 0.3 is 0 Å². The van der Waals surface area contributed by atoms with Gasteiger partial charge in [0.05, 0.1) is 6.61 Å². The van der Waals surface area contributed by atoms with Crippen molar-refractivity contribution < 1.29 is 14.3 Å². The van der Waals surface area contributed by atoms with Gasteiger partial charge in [-0.3, -0.25) is 9.59 Å². The van der Waals surface area contributed by atoms with Crippen LogP contribution in [0.15, 0.2) is 0 Å². The minimum atomic E-state index is -0.489. The highest BCUT2D eigenvalue weighted by Crippen LogP contribution is 2.09. The number of hydrogen-bond acceptors (Lipinski definition) is 4. The Morgan fingerprint density at radius 1 is 1.33 bits per heavy atom. The Hall–Kier alpha value is -1.14. The molecule has 1 aliphatic rings. The van der Waals surface area contributed by atoms with E-state index in [-0.39, 0.29) is 18.4 Å². The lowest BCUT2D eigenvalue weighted by Gasteiger charge is -2.29. The summed E-state index contributed by atoms with van der Waals surface area (Å²) in [5.74, 6) is -0.289. The highest BCUT2D eigenvalue weighted by Gasteiger charge is 2.23. The monoisotopic (exact) mass is 257 g/mol. The molecule has 1 atom stereocenters. The molecule has 1 aliphatic heterocycles. The topological polar surface area (TPSA) is 84.7 Å². The number of nitrogens with two attached hydrogens (primary N) is 1. The van der Waals surface area contributed by atoms with Gasteiger partial charge in [-0.1, -0.05) is 0 Å². The van der Waals surface area contributed by atoms with E-state index in [1.54, 1.807) is 6.92 Å². The third-order valence-electron chi connectivity index (χ3n) is 2.91. The van der Waals surface area contributed by atoms with E-state index in [0.29, 0.717) is 13.2 Å². The van der Waals surface area contributed by atoms with Crippen LogP contribution < -0.4 is 11.1 Å². The molecule has 104 valence electrons. The summed E-state index contributed by atoms with van der Waals surface area (Å²) >= 11 is 0. The number of carbonyl (C=O) groups is 2. The number of amides is 2. The number of ether oxygens (including phenoxy) is 1. The molecule has 2 amide bonds. The quantitative estimate of drug-likeness (QED) is 0.627. The number of nitrogens with one attached hydrogen (secondary N) is 1. The van der Waals surface area contributed by atoms with E-state index >= 15 is 0 Å². The third kappa shape index (κ3) is 5.01.